The molecule has 1 aliphatic carbocycles. The first kappa shape index (κ1) is 14.1. The van der Waals surface area contributed by atoms with Gasteiger partial charge in [0.15, 0.2) is 0 Å². The highest BCUT2D eigenvalue weighted by molar-refractivity contribution is 5.78. The zero-order chi connectivity index (χ0) is 14.0. The fourth-order valence-electron chi connectivity index (χ4n) is 2.59. The maximum absolute atomic E-state index is 11.9. The van der Waals surface area contributed by atoms with Crippen molar-refractivity contribution in [1.29, 1.82) is 0 Å². The van der Waals surface area contributed by atoms with Crippen LogP contribution in [-0.4, -0.2) is 5.91 Å². The van der Waals surface area contributed by atoms with Crippen LogP contribution in [0.25, 0.3) is 0 Å². The predicted molar refractivity (Wildman–Crippen MR) is 77.7 cm³/mol. The Bertz CT molecular complexity index is 466. The standard InChI is InChI=1S/C16H24N2O/c1-10(2)16(19)18-15-6-4-5-12-7-8-13(11(3)17)9-14(12)15/h7-11,15H,4-6,17H2,1-3H3,(H,18,19). The zero-order valence-electron chi connectivity index (χ0n) is 12.1. The molecule has 2 rings (SSSR count). The third kappa shape index (κ3) is 3.16. The zero-order valence-corrected chi connectivity index (χ0v) is 12.1. The molecule has 19 heavy (non-hydrogen) atoms. The number of benzene rings is 1. The minimum atomic E-state index is 0.0296. The Hall–Kier alpha value is -1.35. The average molecular weight is 260 g/mol. The first-order valence-electron chi connectivity index (χ1n) is 7.17. The molecule has 104 valence electrons. The lowest BCUT2D eigenvalue weighted by molar-refractivity contribution is -0.124. The summed E-state index contributed by atoms with van der Waals surface area (Å²) in [6, 6.07) is 6.63. The van der Waals surface area contributed by atoms with E-state index in [1.165, 1.54) is 11.1 Å². The summed E-state index contributed by atoms with van der Waals surface area (Å²) in [5.74, 6) is 0.158. The second-order valence-corrected chi connectivity index (χ2v) is 5.86. The van der Waals surface area contributed by atoms with Crippen LogP contribution in [0.2, 0.25) is 0 Å². The van der Waals surface area contributed by atoms with E-state index in [0.29, 0.717) is 0 Å². The van der Waals surface area contributed by atoms with Gasteiger partial charge in [0.05, 0.1) is 6.04 Å². The van der Waals surface area contributed by atoms with Crippen molar-refractivity contribution in [2.45, 2.75) is 52.1 Å². The molecule has 0 spiro atoms. The van der Waals surface area contributed by atoms with Crippen molar-refractivity contribution in [2.75, 3.05) is 0 Å². The van der Waals surface area contributed by atoms with Crippen LogP contribution >= 0.6 is 0 Å². The van der Waals surface area contributed by atoms with Gasteiger partial charge < -0.3 is 11.1 Å². The molecule has 0 saturated carbocycles. The molecular formula is C16H24N2O. The van der Waals surface area contributed by atoms with Gasteiger partial charge in [0.2, 0.25) is 5.91 Å². The maximum atomic E-state index is 11.9. The number of amides is 1. The Balaban J connectivity index is 2.26. The lowest BCUT2D eigenvalue weighted by Gasteiger charge is -2.28. The monoisotopic (exact) mass is 260 g/mol. The summed E-state index contributed by atoms with van der Waals surface area (Å²) in [5.41, 5.74) is 9.71. The van der Waals surface area contributed by atoms with Gasteiger partial charge in [0.25, 0.3) is 0 Å². The molecule has 1 aromatic carbocycles. The van der Waals surface area contributed by atoms with Gasteiger partial charge in [-0.15, -0.1) is 0 Å². The molecule has 0 aliphatic heterocycles. The van der Waals surface area contributed by atoms with E-state index in [9.17, 15) is 4.79 Å². The Morgan fingerprint density at radius 1 is 1.37 bits per heavy atom. The van der Waals surface area contributed by atoms with Crippen molar-refractivity contribution >= 4 is 5.91 Å². The van der Waals surface area contributed by atoms with Gasteiger partial charge in [-0.1, -0.05) is 32.0 Å². The van der Waals surface area contributed by atoms with E-state index in [-0.39, 0.29) is 23.9 Å². The van der Waals surface area contributed by atoms with Crippen LogP contribution in [0, 0.1) is 5.92 Å². The highest BCUT2D eigenvalue weighted by Gasteiger charge is 2.23. The minimum absolute atomic E-state index is 0.0296. The van der Waals surface area contributed by atoms with E-state index < -0.39 is 0 Å². The Labute approximate surface area is 115 Å². The largest absolute Gasteiger partial charge is 0.349 e. The molecule has 3 N–H and O–H groups in total. The highest BCUT2D eigenvalue weighted by atomic mass is 16.1. The molecule has 1 aliphatic rings. The van der Waals surface area contributed by atoms with E-state index >= 15 is 0 Å². The average Bonchev–Trinajstić information content (AvgIpc) is 2.38. The highest BCUT2D eigenvalue weighted by Crippen LogP contribution is 2.31. The van der Waals surface area contributed by atoms with Crippen molar-refractivity contribution < 1.29 is 4.79 Å². The Kier molecular flexibility index (Phi) is 4.25. The lowest BCUT2D eigenvalue weighted by Crippen LogP contribution is -2.33. The van der Waals surface area contributed by atoms with Crippen molar-refractivity contribution in [2.24, 2.45) is 11.7 Å². The van der Waals surface area contributed by atoms with E-state index in [0.717, 1.165) is 24.8 Å². The number of nitrogens with two attached hydrogens (primary N) is 1. The molecule has 0 fully saturated rings. The summed E-state index contributed by atoms with van der Waals surface area (Å²) in [6.45, 7) is 5.85. The molecule has 3 nitrogen and oxygen atoms in total. The smallest absolute Gasteiger partial charge is 0.223 e. The van der Waals surface area contributed by atoms with Gasteiger partial charge in [0.1, 0.15) is 0 Å². The SMILES string of the molecule is CC(C)C(=O)NC1CCCc2ccc(C(C)N)cc21. The summed E-state index contributed by atoms with van der Waals surface area (Å²) >= 11 is 0. The van der Waals surface area contributed by atoms with Gasteiger partial charge in [-0.3, -0.25) is 4.79 Å². The third-order valence-corrected chi connectivity index (χ3v) is 3.85. The van der Waals surface area contributed by atoms with Crippen LogP contribution in [0.3, 0.4) is 0 Å². The quantitative estimate of drug-likeness (QED) is 0.878. The molecule has 0 bridgehead atoms. The van der Waals surface area contributed by atoms with Crippen molar-refractivity contribution in [1.82, 2.24) is 5.32 Å². The van der Waals surface area contributed by atoms with Gasteiger partial charge in [-0.25, -0.2) is 0 Å². The van der Waals surface area contributed by atoms with Gasteiger partial charge >= 0.3 is 0 Å². The molecule has 2 atom stereocenters. The third-order valence-electron chi connectivity index (χ3n) is 3.85. The molecule has 0 saturated heterocycles. The van der Waals surface area contributed by atoms with Crippen LogP contribution in [0.4, 0.5) is 0 Å². The molecule has 0 heterocycles. The van der Waals surface area contributed by atoms with E-state index in [1.807, 2.05) is 20.8 Å². The first-order valence-corrected chi connectivity index (χ1v) is 7.17. The summed E-state index contributed by atoms with van der Waals surface area (Å²) < 4.78 is 0. The Morgan fingerprint density at radius 2 is 2.11 bits per heavy atom. The fourth-order valence-corrected chi connectivity index (χ4v) is 2.59. The number of rotatable bonds is 3. The predicted octanol–water partition coefficient (Wildman–Crippen LogP) is 2.86. The maximum Gasteiger partial charge on any atom is 0.223 e. The molecule has 1 amide bonds. The molecule has 2 unspecified atom stereocenters. The van der Waals surface area contributed by atoms with E-state index in [2.05, 4.69) is 23.5 Å². The number of nitrogens with one attached hydrogen (secondary N) is 1. The first-order chi connectivity index (χ1) is 8.99. The second kappa shape index (κ2) is 5.74. The number of hydrogen-bond donors (Lipinski definition) is 2. The van der Waals surface area contributed by atoms with Crippen LogP contribution in [0.5, 0.6) is 0 Å². The summed E-state index contributed by atoms with van der Waals surface area (Å²) in [6.07, 6.45) is 3.25. The molecular weight excluding hydrogens is 236 g/mol. The fraction of sp³-hybridized carbons (Fsp3) is 0.562. The van der Waals surface area contributed by atoms with Crippen LogP contribution < -0.4 is 11.1 Å². The molecule has 3 heteroatoms. The molecule has 0 radical (unpaired) electrons. The Morgan fingerprint density at radius 3 is 2.74 bits per heavy atom. The lowest BCUT2D eigenvalue weighted by atomic mass is 9.85. The second-order valence-electron chi connectivity index (χ2n) is 5.86. The van der Waals surface area contributed by atoms with Gasteiger partial charge in [-0.2, -0.15) is 0 Å². The molecule has 0 aromatic heterocycles. The van der Waals surface area contributed by atoms with Crippen LogP contribution in [0.1, 0.15) is 62.4 Å². The molecule has 1 aromatic rings. The van der Waals surface area contributed by atoms with Crippen molar-refractivity contribution in [3.8, 4) is 0 Å². The van der Waals surface area contributed by atoms with Crippen LogP contribution in [0.15, 0.2) is 18.2 Å². The summed E-state index contributed by atoms with van der Waals surface area (Å²) in [7, 11) is 0. The summed E-state index contributed by atoms with van der Waals surface area (Å²) in [5, 5.41) is 3.16. The number of hydrogen-bond acceptors (Lipinski definition) is 2. The normalized spacial score (nSPS) is 19.9. The van der Waals surface area contributed by atoms with E-state index in [4.69, 9.17) is 5.73 Å². The number of fused-ring (bicyclic) bond motifs is 1. The van der Waals surface area contributed by atoms with Gasteiger partial charge in [0, 0.05) is 12.0 Å². The van der Waals surface area contributed by atoms with Crippen LogP contribution in [-0.2, 0) is 11.2 Å². The van der Waals surface area contributed by atoms with Crippen molar-refractivity contribution in [3.05, 3.63) is 34.9 Å². The number of aryl methyl sites for hydroxylation is 1. The van der Waals surface area contributed by atoms with Crippen molar-refractivity contribution in [3.63, 3.8) is 0 Å². The summed E-state index contributed by atoms with van der Waals surface area (Å²) in [4.78, 5) is 11.9. The number of carbonyl (C=O) groups excluding carboxylic acids is 1. The van der Waals surface area contributed by atoms with Gasteiger partial charge in [-0.05, 0) is 42.9 Å². The topological polar surface area (TPSA) is 55.1 Å². The minimum Gasteiger partial charge on any atom is -0.349 e. The van der Waals surface area contributed by atoms with E-state index in [1.54, 1.807) is 0 Å². The number of carbonyl (C=O) groups is 1.